The average Bonchev–Trinajstić information content (AvgIpc) is 2.28. The molecule has 0 saturated heterocycles. The summed E-state index contributed by atoms with van der Waals surface area (Å²) in [6, 6.07) is 1.24. The summed E-state index contributed by atoms with van der Waals surface area (Å²) in [4.78, 5) is 3.72. The van der Waals surface area contributed by atoms with Gasteiger partial charge in [0.2, 0.25) is 0 Å². The molecule has 0 amide bonds. The first-order valence-electron chi connectivity index (χ1n) is 6.01. The van der Waals surface area contributed by atoms with E-state index in [0.29, 0.717) is 5.56 Å². The Labute approximate surface area is 100 Å². The Morgan fingerprint density at radius 2 is 1.71 bits per heavy atom. The molecule has 0 bridgehead atoms. The summed E-state index contributed by atoms with van der Waals surface area (Å²) >= 11 is 0. The van der Waals surface area contributed by atoms with E-state index in [0.717, 1.165) is 31.9 Å². The van der Waals surface area contributed by atoms with Gasteiger partial charge in [-0.2, -0.15) is 13.2 Å². The fraction of sp³-hybridized carbons (Fsp3) is 0.615. The first-order chi connectivity index (χ1) is 7.99. The predicted molar refractivity (Wildman–Crippen MR) is 61.8 cm³/mol. The molecule has 1 rings (SSSR count). The maximum absolute atomic E-state index is 12.6. The van der Waals surface area contributed by atoms with Crippen molar-refractivity contribution in [1.82, 2.24) is 4.98 Å². The molecule has 4 heteroatoms. The Morgan fingerprint density at radius 3 is 2.18 bits per heavy atom. The van der Waals surface area contributed by atoms with Crippen molar-refractivity contribution < 1.29 is 13.2 Å². The number of pyridine rings is 1. The van der Waals surface area contributed by atoms with Crippen LogP contribution >= 0.6 is 0 Å². The molecule has 0 spiro atoms. The van der Waals surface area contributed by atoms with Crippen molar-refractivity contribution in [1.29, 1.82) is 0 Å². The third-order valence-corrected chi connectivity index (χ3v) is 2.83. The molecule has 0 N–H and O–H groups in total. The number of aromatic nitrogens is 1. The molecule has 0 fully saturated rings. The molecule has 0 atom stereocenters. The number of hydrogen-bond donors (Lipinski definition) is 0. The fourth-order valence-corrected chi connectivity index (χ4v) is 2.01. The maximum Gasteiger partial charge on any atom is 0.417 e. The molecule has 0 saturated carbocycles. The summed E-state index contributed by atoms with van der Waals surface area (Å²) in [5.41, 5.74) is 0.0655. The summed E-state index contributed by atoms with van der Waals surface area (Å²) in [5, 5.41) is 0. The van der Waals surface area contributed by atoms with Crippen LogP contribution in [0.1, 0.15) is 56.6 Å². The lowest BCUT2D eigenvalue weighted by atomic mass is 9.91. The van der Waals surface area contributed by atoms with Gasteiger partial charge in [-0.05, 0) is 30.4 Å². The van der Waals surface area contributed by atoms with E-state index < -0.39 is 11.7 Å². The lowest BCUT2D eigenvalue weighted by Crippen LogP contribution is -2.08. The largest absolute Gasteiger partial charge is 0.417 e. The Bertz CT molecular complexity index is 341. The summed E-state index contributed by atoms with van der Waals surface area (Å²) in [6.45, 7) is 4.09. The number of hydrogen-bond acceptors (Lipinski definition) is 1. The minimum Gasteiger partial charge on any atom is -0.264 e. The number of rotatable bonds is 5. The maximum atomic E-state index is 12.6. The van der Waals surface area contributed by atoms with Crippen LogP contribution in [0, 0.1) is 0 Å². The van der Waals surface area contributed by atoms with Crippen LogP contribution in [-0.2, 0) is 6.18 Å². The lowest BCUT2D eigenvalue weighted by molar-refractivity contribution is -0.137. The summed E-state index contributed by atoms with van der Waals surface area (Å²) < 4.78 is 37.7. The Morgan fingerprint density at radius 1 is 1.12 bits per heavy atom. The van der Waals surface area contributed by atoms with Crippen LogP contribution in [0.15, 0.2) is 18.5 Å². The van der Waals surface area contributed by atoms with Crippen LogP contribution in [0.4, 0.5) is 13.2 Å². The molecule has 96 valence electrons. The average molecular weight is 245 g/mol. The summed E-state index contributed by atoms with van der Waals surface area (Å²) in [7, 11) is 0. The molecule has 0 unspecified atom stereocenters. The third-order valence-electron chi connectivity index (χ3n) is 2.83. The Kier molecular flexibility index (Phi) is 4.97. The second kappa shape index (κ2) is 6.03. The van der Waals surface area contributed by atoms with Crippen LogP contribution in [0.2, 0.25) is 0 Å². The van der Waals surface area contributed by atoms with E-state index in [4.69, 9.17) is 0 Å². The molecule has 0 aliphatic heterocycles. The van der Waals surface area contributed by atoms with Gasteiger partial charge < -0.3 is 0 Å². The van der Waals surface area contributed by atoms with E-state index in [9.17, 15) is 13.2 Å². The number of alkyl halides is 3. The molecule has 0 aromatic carbocycles. The fourth-order valence-electron chi connectivity index (χ4n) is 2.01. The molecule has 17 heavy (non-hydrogen) atoms. The minimum atomic E-state index is -4.30. The molecule has 1 heterocycles. The van der Waals surface area contributed by atoms with Crippen LogP contribution in [0.25, 0.3) is 0 Å². The van der Waals surface area contributed by atoms with E-state index in [1.54, 1.807) is 6.20 Å². The first-order valence-corrected chi connectivity index (χ1v) is 6.01. The van der Waals surface area contributed by atoms with Gasteiger partial charge in [-0.25, -0.2) is 0 Å². The molecular weight excluding hydrogens is 227 g/mol. The Hall–Kier alpha value is -1.06. The topological polar surface area (TPSA) is 12.9 Å². The highest BCUT2D eigenvalue weighted by Crippen LogP contribution is 2.32. The predicted octanol–water partition coefficient (Wildman–Crippen LogP) is 4.78. The molecule has 0 aliphatic rings. The van der Waals surface area contributed by atoms with Gasteiger partial charge in [-0.1, -0.05) is 26.7 Å². The van der Waals surface area contributed by atoms with Crippen molar-refractivity contribution in [3.05, 3.63) is 29.6 Å². The highest BCUT2D eigenvalue weighted by atomic mass is 19.4. The zero-order valence-corrected chi connectivity index (χ0v) is 10.2. The standard InChI is InChI=1S/C13H18F3N/c1-3-5-10(6-4-2)11-7-12(9-17-8-11)13(14,15)16/h7-10H,3-6H2,1-2H3. The monoisotopic (exact) mass is 245 g/mol. The highest BCUT2D eigenvalue weighted by molar-refractivity contribution is 5.23. The quantitative estimate of drug-likeness (QED) is 0.727. The van der Waals surface area contributed by atoms with Crippen molar-refractivity contribution in [3.63, 3.8) is 0 Å². The van der Waals surface area contributed by atoms with Crippen molar-refractivity contribution in [2.45, 2.75) is 51.6 Å². The van der Waals surface area contributed by atoms with Gasteiger partial charge >= 0.3 is 6.18 Å². The molecule has 0 radical (unpaired) electrons. The van der Waals surface area contributed by atoms with Crippen molar-refractivity contribution >= 4 is 0 Å². The van der Waals surface area contributed by atoms with Gasteiger partial charge in [0.25, 0.3) is 0 Å². The summed E-state index contributed by atoms with van der Waals surface area (Å²) in [6.07, 6.45) is 1.92. The molecule has 1 nitrogen and oxygen atoms in total. The van der Waals surface area contributed by atoms with Gasteiger partial charge in [0.1, 0.15) is 0 Å². The van der Waals surface area contributed by atoms with E-state index in [2.05, 4.69) is 4.98 Å². The van der Waals surface area contributed by atoms with E-state index >= 15 is 0 Å². The van der Waals surface area contributed by atoms with Crippen LogP contribution < -0.4 is 0 Å². The summed E-state index contributed by atoms with van der Waals surface area (Å²) in [5.74, 6) is 0.194. The van der Waals surface area contributed by atoms with E-state index in [1.165, 1.54) is 6.07 Å². The zero-order chi connectivity index (χ0) is 12.9. The smallest absolute Gasteiger partial charge is 0.264 e. The molecule has 0 aliphatic carbocycles. The number of nitrogens with zero attached hydrogens (tertiary/aromatic N) is 1. The van der Waals surface area contributed by atoms with Crippen LogP contribution in [-0.4, -0.2) is 4.98 Å². The third kappa shape index (κ3) is 4.02. The van der Waals surface area contributed by atoms with Gasteiger partial charge in [0.05, 0.1) is 5.56 Å². The number of halogens is 3. The SMILES string of the molecule is CCCC(CCC)c1cncc(C(F)(F)F)c1. The normalized spacial score (nSPS) is 12.1. The van der Waals surface area contributed by atoms with E-state index in [1.807, 2.05) is 13.8 Å². The second-order valence-corrected chi connectivity index (χ2v) is 4.28. The second-order valence-electron chi connectivity index (χ2n) is 4.28. The van der Waals surface area contributed by atoms with Gasteiger partial charge in [0.15, 0.2) is 0 Å². The van der Waals surface area contributed by atoms with Crippen molar-refractivity contribution in [3.8, 4) is 0 Å². The van der Waals surface area contributed by atoms with Crippen LogP contribution in [0.3, 0.4) is 0 Å². The lowest BCUT2D eigenvalue weighted by Gasteiger charge is -2.16. The van der Waals surface area contributed by atoms with Crippen molar-refractivity contribution in [2.24, 2.45) is 0 Å². The first kappa shape index (κ1) is 14.0. The van der Waals surface area contributed by atoms with Gasteiger partial charge in [-0.3, -0.25) is 4.98 Å². The van der Waals surface area contributed by atoms with Crippen LogP contribution in [0.5, 0.6) is 0 Å². The van der Waals surface area contributed by atoms with Gasteiger partial charge in [-0.15, -0.1) is 0 Å². The van der Waals surface area contributed by atoms with Crippen molar-refractivity contribution in [2.75, 3.05) is 0 Å². The van der Waals surface area contributed by atoms with Gasteiger partial charge in [0, 0.05) is 12.4 Å². The molecular formula is C13H18F3N. The highest BCUT2D eigenvalue weighted by Gasteiger charge is 2.31. The molecule has 1 aromatic heterocycles. The minimum absolute atomic E-state index is 0.194. The zero-order valence-electron chi connectivity index (χ0n) is 10.2. The molecule has 1 aromatic rings. The Balaban J connectivity index is 2.95. The van der Waals surface area contributed by atoms with E-state index in [-0.39, 0.29) is 5.92 Å².